The van der Waals surface area contributed by atoms with Crippen LogP contribution in [0.1, 0.15) is 39.0 Å². The van der Waals surface area contributed by atoms with Gasteiger partial charge in [0.15, 0.2) is 0 Å². The molecule has 1 N–H and O–H groups in total. The molecule has 1 aliphatic rings. The van der Waals surface area contributed by atoms with Crippen molar-refractivity contribution in [3.63, 3.8) is 0 Å². The minimum absolute atomic E-state index is 0.162. The normalized spacial score (nSPS) is 27.2. The molecule has 84 valence electrons. The summed E-state index contributed by atoms with van der Waals surface area (Å²) in [4.78, 5) is 0. The van der Waals surface area contributed by atoms with Gasteiger partial charge in [0.25, 0.3) is 0 Å². The van der Waals surface area contributed by atoms with E-state index in [0.29, 0.717) is 11.7 Å². The molecule has 0 aliphatic heterocycles. The van der Waals surface area contributed by atoms with Crippen molar-refractivity contribution in [2.75, 3.05) is 6.26 Å². The molecule has 0 radical (unpaired) electrons. The molecule has 0 bridgehead atoms. The number of thioether (sulfide) groups is 1. The van der Waals surface area contributed by atoms with Crippen LogP contribution >= 0.6 is 11.8 Å². The number of hydrogen-bond acceptors (Lipinski definition) is 2. The highest BCUT2D eigenvalue weighted by molar-refractivity contribution is 7.99. The van der Waals surface area contributed by atoms with Gasteiger partial charge in [-0.3, -0.25) is 0 Å². The third kappa shape index (κ3) is 3.39. The highest BCUT2D eigenvalue weighted by atomic mass is 32.2. The molecule has 1 rings (SSSR count). The molecule has 0 aromatic heterocycles. The van der Waals surface area contributed by atoms with Crippen LogP contribution in [-0.2, 0) is 0 Å². The van der Waals surface area contributed by atoms with Crippen molar-refractivity contribution < 1.29 is 13.9 Å². The Morgan fingerprint density at radius 1 is 1.29 bits per heavy atom. The van der Waals surface area contributed by atoms with Gasteiger partial charge in [-0.1, -0.05) is 6.92 Å². The second kappa shape index (κ2) is 4.35. The van der Waals surface area contributed by atoms with Crippen molar-refractivity contribution >= 4 is 11.8 Å². The average Bonchev–Trinajstić information content (AvgIpc) is 2.11. The zero-order valence-electron chi connectivity index (χ0n) is 8.72. The Bertz CT molecular complexity index is 187. The van der Waals surface area contributed by atoms with Crippen molar-refractivity contribution in [1.82, 2.24) is 0 Å². The maximum atomic E-state index is 12.9. The topological polar surface area (TPSA) is 20.2 Å². The molecular formula is C10H18F2OS. The van der Waals surface area contributed by atoms with Gasteiger partial charge in [0.05, 0.1) is 5.60 Å². The minimum atomic E-state index is -2.55. The fourth-order valence-electron chi connectivity index (χ4n) is 1.90. The largest absolute Gasteiger partial charge is 0.390 e. The van der Waals surface area contributed by atoms with E-state index in [1.54, 1.807) is 11.8 Å². The molecule has 14 heavy (non-hydrogen) atoms. The third-order valence-electron chi connectivity index (χ3n) is 2.98. The van der Waals surface area contributed by atoms with Gasteiger partial charge in [-0.25, -0.2) is 8.78 Å². The molecule has 0 heterocycles. The van der Waals surface area contributed by atoms with Crippen LogP contribution in [-0.4, -0.2) is 28.1 Å². The lowest BCUT2D eigenvalue weighted by atomic mass is 9.80. The maximum Gasteiger partial charge on any atom is 0.248 e. The van der Waals surface area contributed by atoms with Crippen LogP contribution in [0, 0.1) is 0 Å². The van der Waals surface area contributed by atoms with E-state index >= 15 is 0 Å². The van der Waals surface area contributed by atoms with Gasteiger partial charge in [-0.05, 0) is 25.5 Å². The summed E-state index contributed by atoms with van der Waals surface area (Å²) in [5.41, 5.74) is -0.843. The molecule has 1 unspecified atom stereocenters. The quantitative estimate of drug-likeness (QED) is 0.795. The van der Waals surface area contributed by atoms with E-state index in [-0.39, 0.29) is 25.7 Å². The molecule has 1 saturated carbocycles. The number of aliphatic hydroxyl groups is 1. The van der Waals surface area contributed by atoms with Gasteiger partial charge in [0, 0.05) is 18.1 Å². The van der Waals surface area contributed by atoms with E-state index in [2.05, 4.69) is 0 Å². The smallest absolute Gasteiger partial charge is 0.248 e. The van der Waals surface area contributed by atoms with E-state index in [4.69, 9.17) is 0 Å². The van der Waals surface area contributed by atoms with Crippen molar-refractivity contribution in [3.8, 4) is 0 Å². The van der Waals surface area contributed by atoms with Gasteiger partial charge in [0.2, 0.25) is 5.92 Å². The molecule has 0 amide bonds. The lowest BCUT2D eigenvalue weighted by Gasteiger charge is -2.37. The maximum absolute atomic E-state index is 12.9. The zero-order valence-corrected chi connectivity index (χ0v) is 9.54. The molecule has 4 heteroatoms. The first-order valence-electron chi connectivity index (χ1n) is 5.00. The predicted molar refractivity (Wildman–Crippen MR) is 56.0 cm³/mol. The Morgan fingerprint density at radius 2 is 1.79 bits per heavy atom. The van der Waals surface area contributed by atoms with Crippen LogP contribution < -0.4 is 0 Å². The Morgan fingerprint density at radius 3 is 2.21 bits per heavy atom. The zero-order chi connectivity index (χ0) is 10.8. The second-order valence-electron chi connectivity index (χ2n) is 4.33. The predicted octanol–water partition coefficient (Wildman–Crippen LogP) is 3.07. The molecule has 1 nitrogen and oxygen atoms in total. The van der Waals surface area contributed by atoms with Crippen molar-refractivity contribution in [3.05, 3.63) is 0 Å². The summed E-state index contributed by atoms with van der Waals surface area (Å²) in [6.07, 6.45) is 2.76. The third-order valence-corrected chi connectivity index (χ3v) is 3.95. The van der Waals surface area contributed by atoms with Crippen LogP contribution in [0.3, 0.4) is 0 Å². The summed E-state index contributed by atoms with van der Waals surface area (Å²) in [5, 5.41) is 10.4. The van der Waals surface area contributed by atoms with Crippen molar-refractivity contribution in [2.45, 2.75) is 55.8 Å². The Labute approximate surface area is 88.3 Å². The molecule has 1 aliphatic carbocycles. The lowest BCUT2D eigenvalue weighted by Crippen LogP contribution is -2.40. The molecule has 1 atom stereocenters. The summed E-state index contributed by atoms with van der Waals surface area (Å²) < 4.78 is 25.7. The van der Waals surface area contributed by atoms with Crippen LogP contribution in [0.5, 0.6) is 0 Å². The molecule has 0 aromatic rings. The van der Waals surface area contributed by atoms with Crippen LogP contribution in [0.2, 0.25) is 0 Å². The first-order valence-corrected chi connectivity index (χ1v) is 6.29. The monoisotopic (exact) mass is 224 g/mol. The van der Waals surface area contributed by atoms with E-state index in [1.807, 2.05) is 13.2 Å². The first kappa shape index (κ1) is 12.2. The molecular weight excluding hydrogens is 206 g/mol. The van der Waals surface area contributed by atoms with Crippen LogP contribution in [0.4, 0.5) is 8.78 Å². The van der Waals surface area contributed by atoms with E-state index < -0.39 is 11.5 Å². The summed E-state index contributed by atoms with van der Waals surface area (Å²) in [6, 6.07) is 0. The number of rotatable bonds is 3. The molecule has 0 spiro atoms. The lowest BCUT2D eigenvalue weighted by molar-refractivity contribution is -0.105. The summed E-state index contributed by atoms with van der Waals surface area (Å²) in [6.45, 7) is 2.02. The molecule has 0 aromatic carbocycles. The highest BCUT2D eigenvalue weighted by Gasteiger charge is 2.42. The van der Waals surface area contributed by atoms with E-state index in [0.717, 1.165) is 0 Å². The Balaban J connectivity index is 2.45. The van der Waals surface area contributed by atoms with Gasteiger partial charge < -0.3 is 5.11 Å². The molecule has 0 saturated heterocycles. The average molecular weight is 224 g/mol. The summed E-state index contributed by atoms with van der Waals surface area (Å²) >= 11 is 1.67. The summed E-state index contributed by atoms with van der Waals surface area (Å²) in [7, 11) is 0. The fraction of sp³-hybridized carbons (Fsp3) is 1.00. The number of halogens is 2. The van der Waals surface area contributed by atoms with Crippen molar-refractivity contribution in [2.24, 2.45) is 0 Å². The van der Waals surface area contributed by atoms with Crippen LogP contribution in [0.15, 0.2) is 0 Å². The number of alkyl halides is 2. The standard InChI is InChI=1S/C10H18F2OS/c1-8(14-2)7-9(13)3-5-10(11,12)6-4-9/h8,13H,3-7H2,1-2H3. The second-order valence-corrected chi connectivity index (χ2v) is 5.61. The van der Waals surface area contributed by atoms with E-state index in [9.17, 15) is 13.9 Å². The molecule has 1 fully saturated rings. The highest BCUT2D eigenvalue weighted by Crippen LogP contribution is 2.41. The number of hydrogen-bond donors (Lipinski definition) is 1. The Hall–Kier alpha value is 0.170. The Kier molecular flexibility index (Phi) is 3.81. The van der Waals surface area contributed by atoms with Crippen molar-refractivity contribution in [1.29, 1.82) is 0 Å². The van der Waals surface area contributed by atoms with Gasteiger partial charge in [0.1, 0.15) is 0 Å². The van der Waals surface area contributed by atoms with Gasteiger partial charge in [-0.2, -0.15) is 11.8 Å². The SMILES string of the molecule is CSC(C)CC1(O)CCC(F)(F)CC1. The van der Waals surface area contributed by atoms with E-state index in [1.165, 1.54) is 0 Å². The van der Waals surface area contributed by atoms with Crippen LogP contribution in [0.25, 0.3) is 0 Å². The van der Waals surface area contributed by atoms with Gasteiger partial charge >= 0.3 is 0 Å². The minimum Gasteiger partial charge on any atom is -0.390 e. The van der Waals surface area contributed by atoms with Gasteiger partial charge in [-0.15, -0.1) is 0 Å². The fourth-order valence-corrected chi connectivity index (χ4v) is 2.38. The first-order chi connectivity index (χ1) is 6.37. The summed E-state index contributed by atoms with van der Waals surface area (Å²) in [5.74, 6) is -2.55.